The highest BCUT2D eigenvalue weighted by Gasteiger charge is 2.24. The summed E-state index contributed by atoms with van der Waals surface area (Å²) in [5.74, 6) is 0. The van der Waals surface area contributed by atoms with E-state index in [0.717, 1.165) is 55.6 Å². The normalized spacial score (nSPS) is 14.5. The van der Waals surface area contributed by atoms with Gasteiger partial charge in [0.15, 0.2) is 0 Å². The summed E-state index contributed by atoms with van der Waals surface area (Å²) in [5.41, 5.74) is 8.41. The first-order chi connectivity index (χ1) is 21.1. The monoisotopic (exact) mass is 570 g/mol. The molecule has 3 heteroatoms. The molecular formula is C40H30N2S. The van der Waals surface area contributed by atoms with Crippen LogP contribution in [0, 0.1) is 5.41 Å². The molecular weight excluding hydrogens is 541 g/mol. The van der Waals surface area contributed by atoms with Crippen LogP contribution in [-0.2, 0) is 0 Å². The first-order valence-corrected chi connectivity index (χ1v) is 15.2. The average Bonchev–Trinajstić information content (AvgIpc) is 3.43. The molecule has 6 aromatic rings. The van der Waals surface area contributed by atoms with Gasteiger partial charge >= 0.3 is 0 Å². The van der Waals surface area contributed by atoms with Crippen LogP contribution in [0.5, 0.6) is 0 Å². The van der Waals surface area contributed by atoms with Crippen LogP contribution in [0.4, 0.5) is 0 Å². The van der Waals surface area contributed by atoms with E-state index in [-0.39, 0.29) is 0 Å². The van der Waals surface area contributed by atoms with Crippen molar-refractivity contribution in [2.75, 3.05) is 0 Å². The van der Waals surface area contributed by atoms with E-state index in [1.807, 2.05) is 13.0 Å². The van der Waals surface area contributed by atoms with Crippen LogP contribution in [0.3, 0.4) is 0 Å². The molecule has 0 fully saturated rings. The van der Waals surface area contributed by atoms with Crippen molar-refractivity contribution in [1.29, 1.82) is 5.41 Å². The molecule has 0 saturated heterocycles. The standard InChI is InChI=1S/C40H30N2S/c1-3-5-12-26(4-2)35-24-29-15-8-9-16-32(29)40(42-35)38(39(41)31-20-19-27-13-6-7-14-28(27)23-31)30-21-22-34-33-17-10-11-18-36(33)43-37(34)25-30/h3-25,41-42H,1H2,2H3/b12-5-,26-4+,40-38-,41-39?. The molecule has 7 rings (SSSR count). The highest BCUT2D eigenvalue weighted by Crippen LogP contribution is 2.39. The van der Waals surface area contributed by atoms with Gasteiger partial charge in [-0.1, -0.05) is 122 Å². The van der Waals surface area contributed by atoms with Crippen molar-refractivity contribution in [3.8, 4) is 0 Å². The Labute approximate surface area is 255 Å². The third-order valence-corrected chi connectivity index (χ3v) is 9.16. The fourth-order valence-electron chi connectivity index (χ4n) is 5.89. The fraction of sp³-hybridized carbons (Fsp3) is 0.0250. The van der Waals surface area contributed by atoms with Crippen molar-refractivity contribution >= 4 is 65.3 Å². The van der Waals surface area contributed by atoms with Gasteiger partial charge in [-0.25, -0.2) is 0 Å². The second-order valence-corrected chi connectivity index (χ2v) is 11.7. The molecule has 0 atom stereocenters. The zero-order valence-electron chi connectivity index (χ0n) is 23.9. The minimum atomic E-state index is 0.480. The number of thiophene rings is 1. The van der Waals surface area contributed by atoms with Crippen molar-refractivity contribution in [3.63, 3.8) is 0 Å². The number of nitrogens with one attached hydrogen (secondary N) is 2. The lowest BCUT2D eigenvalue weighted by Crippen LogP contribution is -2.21. The van der Waals surface area contributed by atoms with Crippen molar-refractivity contribution < 1.29 is 0 Å². The van der Waals surface area contributed by atoms with Gasteiger partial charge in [0, 0.05) is 42.6 Å². The molecule has 0 aliphatic carbocycles. The molecule has 43 heavy (non-hydrogen) atoms. The molecule has 5 aromatic carbocycles. The lowest BCUT2D eigenvalue weighted by molar-refractivity contribution is 1.10. The van der Waals surface area contributed by atoms with Gasteiger partial charge in [-0.3, -0.25) is 5.41 Å². The molecule has 0 saturated carbocycles. The van der Waals surface area contributed by atoms with Gasteiger partial charge < -0.3 is 5.32 Å². The van der Waals surface area contributed by atoms with E-state index in [0.29, 0.717) is 5.71 Å². The Hall–Kier alpha value is -5.25. The number of rotatable bonds is 6. The summed E-state index contributed by atoms with van der Waals surface area (Å²) in [4.78, 5) is 0. The van der Waals surface area contributed by atoms with Crippen LogP contribution in [0.1, 0.15) is 29.2 Å². The summed E-state index contributed by atoms with van der Waals surface area (Å²) < 4.78 is 2.48. The third-order valence-electron chi connectivity index (χ3n) is 8.03. The predicted octanol–water partition coefficient (Wildman–Crippen LogP) is 10.8. The second-order valence-electron chi connectivity index (χ2n) is 10.6. The second kappa shape index (κ2) is 11.2. The number of fused-ring (bicyclic) bond motifs is 5. The van der Waals surface area contributed by atoms with Crippen LogP contribution < -0.4 is 5.32 Å². The maximum atomic E-state index is 9.77. The molecule has 206 valence electrons. The van der Waals surface area contributed by atoms with Gasteiger partial charge in [-0.2, -0.15) is 0 Å². The smallest absolute Gasteiger partial charge is 0.0711 e. The molecule has 2 heterocycles. The molecule has 0 bridgehead atoms. The number of hydrogen-bond donors (Lipinski definition) is 2. The maximum absolute atomic E-state index is 9.77. The van der Waals surface area contributed by atoms with Gasteiger partial charge in [-0.05, 0) is 58.7 Å². The van der Waals surface area contributed by atoms with Crippen molar-refractivity contribution in [2.45, 2.75) is 6.92 Å². The fourth-order valence-corrected chi connectivity index (χ4v) is 7.04. The minimum absolute atomic E-state index is 0.480. The first kappa shape index (κ1) is 26.6. The SMILES string of the molecule is C=C/C=C\C(=C/C)C1=Cc2ccccc2/C(=C(/C(=N)c2ccc3ccccc3c2)c2ccc3c(c2)sc2ccccc23)N1. The van der Waals surface area contributed by atoms with Crippen molar-refractivity contribution in [2.24, 2.45) is 0 Å². The van der Waals surface area contributed by atoms with Crippen LogP contribution in [0.15, 0.2) is 151 Å². The Kier molecular flexibility index (Phi) is 6.94. The summed E-state index contributed by atoms with van der Waals surface area (Å²) >= 11 is 1.80. The Morgan fingerprint density at radius 3 is 2.37 bits per heavy atom. The summed E-state index contributed by atoms with van der Waals surface area (Å²) in [6.07, 6.45) is 10.1. The minimum Gasteiger partial charge on any atom is -0.354 e. The van der Waals surface area contributed by atoms with Crippen LogP contribution in [0.25, 0.3) is 48.3 Å². The lowest BCUT2D eigenvalue weighted by Gasteiger charge is -2.26. The molecule has 0 radical (unpaired) electrons. The van der Waals surface area contributed by atoms with Gasteiger partial charge in [0.1, 0.15) is 0 Å². The highest BCUT2D eigenvalue weighted by molar-refractivity contribution is 7.25. The number of allylic oxidation sites excluding steroid dienone is 5. The van der Waals surface area contributed by atoms with Gasteiger partial charge in [0.05, 0.1) is 11.4 Å². The molecule has 1 aliphatic heterocycles. The Balaban J connectivity index is 1.49. The molecule has 0 amide bonds. The quantitative estimate of drug-likeness (QED) is 0.152. The molecule has 0 unspecified atom stereocenters. The third kappa shape index (κ3) is 4.84. The number of benzene rings is 5. The number of hydrogen-bond acceptors (Lipinski definition) is 3. The molecule has 1 aromatic heterocycles. The van der Waals surface area contributed by atoms with Crippen molar-refractivity contribution in [3.05, 3.63) is 174 Å². The highest BCUT2D eigenvalue weighted by atomic mass is 32.1. The molecule has 0 spiro atoms. The Morgan fingerprint density at radius 1 is 0.767 bits per heavy atom. The summed E-state index contributed by atoms with van der Waals surface area (Å²) in [7, 11) is 0. The van der Waals surface area contributed by atoms with Crippen LogP contribution in [0.2, 0.25) is 0 Å². The zero-order chi connectivity index (χ0) is 29.3. The Morgan fingerprint density at radius 2 is 1.51 bits per heavy atom. The van der Waals surface area contributed by atoms with Crippen LogP contribution in [-0.4, -0.2) is 5.71 Å². The van der Waals surface area contributed by atoms with E-state index in [1.165, 1.54) is 20.2 Å². The average molecular weight is 571 g/mol. The molecule has 1 aliphatic rings. The van der Waals surface area contributed by atoms with Gasteiger partial charge in [0.2, 0.25) is 0 Å². The first-order valence-electron chi connectivity index (χ1n) is 14.4. The maximum Gasteiger partial charge on any atom is 0.0711 e. The topological polar surface area (TPSA) is 35.9 Å². The largest absolute Gasteiger partial charge is 0.354 e. The Bertz CT molecular complexity index is 2200. The zero-order valence-corrected chi connectivity index (χ0v) is 24.7. The van der Waals surface area contributed by atoms with E-state index in [1.54, 1.807) is 17.4 Å². The van der Waals surface area contributed by atoms with Gasteiger partial charge in [-0.15, -0.1) is 11.3 Å². The van der Waals surface area contributed by atoms with E-state index >= 15 is 0 Å². The van der Waals surface area contributed by atoms with E-state index in [9.17, 15) is 5.41 Å². The summed E-state index contributed by atoms with van der Waals surface area (Å²) in [5, 5.41) is 18.3. The summed E-state index contributed by atoms with van der Waals surface area (Å²) in [6.45, 7) is 5.90. The summed E-state index contributed by atoms with van der Waals surface area (Å²) in [6, 6.07) is 38.3. The van der Waals surface area contributed by atoms with E-state index < -0.39 is 0 Å². The molecule has 2 nitrogen and oxygen atoms in total. The lowest BCUT2D eigenvalue weighted by atomic mass is 9.87. The van der Waals surface area contributed by atoms with E-state index in [4.69, 9.17) is 0 Å². The van der Waals surface area contributed by atoms with E-state index in [2.05, 4.69) is 139 Å². The molecule has 2 N–H and O–H groups in total. The predicted molar refractivity (Wildman–Crippen MR) is 188 cm³/mol. The van der Waals surface area contributed by atoms with Gasteiger partial charge in [0.25, 0.3) is 0 Å². The van der Waals surface area contributed by atoms with Crippen molar-refractivity contribution in [1.82, 2.24) is 5.32 Å². The van der Waals surface area contributed by atoms with Crippen LogP contribution >= 0.6 is 11.3 Å².